The molecule has 1 unspecified atom stereocenters. The van der Waals surface area contributed by atoms with Crippen molar-refractivity contribution < 1.29 is 14.7 Å². The lowest BCUT2D eigenvalue weighted by molar-refractivity contribution is -0.129. The minimum Gasteiger partial charge on any atom is -0.508 e. The highest BCUT2D eigenvalue weighted by atomic mass is 16.3. The van der Waals surface area contributed by atoms with E-state index in [1.165, 1.54) is 0 Å². The molecule has 0 fully saturated rings. The van der Waals surface area contributed by atoms with E-state index in [9.17, 15) is 14.7 Å². The van der Waals surface area contributed by atoms with E-state index in [2.05, 4.69) is 10.6 Å². The van der Waals surface area contributed by atoms with Gasteiger partial charge in [-0.05, 0) is 40.5 Å². The fourth-order valence-corrected chi connectivity index (χ4v) is 4.28. The smallest absolute Gasteiger partial charge is 0.243 e. The number of rotatable bonds is 10. The zero-order chi connectivity index (χ0) is 26.9. The number of benzene rings is 4. The van der Waals surface area contributed by atoms with E-state index in [-0.39, 0.29) is 36.4 Å². The summed E-state index contributed by atoms with van der Waals surface area (Å²) in [5, 5.41) is 23.2. The summed E-state index contributed by atoms with van der Waals surface area (Å²) in [6.07, 6.45) is 0.213. The van der Waals surface area contributed by atoms with Crippen LogP contribution in [-0.2, 0) is 22.6 Å². The van der Waals surface area contributed by atoms with Crippen LogP contribution in [0.25, 0.3) is 0 Å². The Kier molecular flexibility index (Phi) is 8.51. The normalized spacial score (nSPS) is 11.5. The number of carbonyl (C=O) groups excluding carboxylic acids is 2. The van der Waals surface area contributed by atoms with Crippen LogP contribution in [0.15, 0.2) is 109 Å². The van der Waals surface area contributed by atoms with Gasteiger partial charge in [-0.25, -0.2) is 0 Å². The molecule has 7 heteroatoms. The van der Waals surface area contributed by atoms with Crippen LogP contribution in [0.1, 0.15) is 33.7 Å². The van der Waals surface area contributed by atoms with Gasteiger partial charge in [-0.3, -0.25) is 15.0 Å². The molecule has 0 aromatic heterocycles. The molecule has 4 aromatic rings. The van der Waals surface area contributed by atoms with E-state index in [1.807, 2.05) is 66.7 Å². The third-order valence-corrected chi connectivity index (χ3v) is 6.24. The lowest BCUT2D eigenvalue weighted by atomic mass is 9.90. The average molecular weight is 507 g/mol. The summed E-state index contributed by atoms with van der Waals surface area (Å²) < 4.78 is 0. The molecule has 2 amide bonds. The van der Waals surface area contributed by atoms with Crippen molar-refractivity contribution in [1.29, 1.82) is 5.41 Å². The lowest BCUT2D eigenvalue weighted by Crippen LogP contribution is -2.49. The second-order valence-electron chi connectivity index (χ2n) is 9.02. The zero-order valence-electron chi connectivity index (χ0n) is 20.8. The minimum atomic E-state index is -0.878. The molecule has 4 aromatic carbocycles. The molecule has 0 aliphatic heterocycles. The minimum absolute atomic E-state index is 0.0718. The van der Waals surface area contributed by atoms with Gasteiger partial charge in [0, 0.05) is 18.5 Å². The van der Waals surface area contributed by atoms with E-state index in [1.54, 1.807) is 42.5 Å². The van der Waals surface area contributed by atoms with Gasteiger partial charge in [-0.15, -0.1) is 0 Å². The van der Waals surface area contributed by atoms with E-state index < -0.39 is 12.0 Å². The van der Waals surface area contributed by atoms with Crippen LogP contribution in [-0.4, -0.2) is 28.8 Å². The van der Waals surface area contributed by atoms with E-state index in [0.29, 0.717) is 5.56 Å². The van der Waals surface area contributed by atoms with E-state index >= 15 is 0 Å². The Hall–Kier alpha value is -4.91. The monoisotopic (exact) mass is 506 g/mol. The molecule has 0 aliphatic carbocycles. The molecule has 0 saturated heterocycles. The number of aromatic hydroxyl groups is 1. The van der Waals surface area contributed by atoms with Gasteiger partial charge in [0.1, 0.15) is 17.6 Å². The third-order valence-electron chi connectivity index (χ3n) is 6.24. The van der Waals surface area contributed by atoms with Gasteiger partial charge < -0.3 is 21.5 Å². The van der Waals surface area contributed by atoms with Crippen molar-refractivity contribution in [3.63, 3.8) is 0 Å². The standard InChI is InChI=1S/C31H30N4O3/c32-29(33)25-13-7-8-22(18-25)19-27(30(37)34-20-21-14-16-26(36)17-15-21)35-31(38)28(23-9-3-1-4-10-23)24-11-5-2-6-12-24/h1-18,27-28,36H,19-20H2,(H3,32,33)(H,34,37)(H,35,38). The van der Waals surface area contributed by atoms with Crippen molar-refractivity contribution in [3.8, 4) is 5.75 Å². The van der Waals surface area contributed by atoms with Crippen molar-refractivity contribution in [2.24, 2.45) is 5.73 Å². The summed E-state index contributed by atoms with van der Waals surface area (Å²) >= 11 is 0. The maximum atomic E-state index is 13.8. The molecule has 0 spiro atoms. The Bertz CT molecular complexity index is 1350. The Morgan fingerprint density at radius 3 is 1.95 bits per heavy atom. The fourth-order valence-electron chi connectivity index (χ4n) is 4.28. The number of hydrogen-bond donors (Lipinski definition) is 5. The molecule has 38 heavy (non-hydrogen) atoms. The van der Waals surface area contributed by atoms with E-state index in [0.717, 1.165) is 22.3 Å². The van der Waals surface area contributed by atoms with Crippen LogP contribution < -0.4 is 16.4 Å². The molecule has 6 N–H and O–H groups in total. The summed E-state index contributed by atoms with van der Waals surface area (Å²) in [6.45, 7) is 0.236. The Morgan fingerprint density at radius 1 is 0.763 bits per heavy atom. The SMILES string of the molecule is N=C(N)c1cccc(CC(NC(=O)C(c2ccccc2)c2ccccc2)C(=O)NCc2ccc(O)cc2)c1. The highest BCUT2D eigenvalue weighted by Crippen LogP contribution is 2.25. The van der Waals surface area contributed by atoms with Crippen molar-refractivity contribution in [1.82, 2.24) is 10.6 Å². The maximum absolute atomic E-state index is 13.8. The molecule has 0 heterocycles. The Balaban J connectivity index is 1.60. The number of hydrogen-bond acceptors (Lipinski definition) is 4. The summed E-state index contributed by atoms with van der Waals surface area (Å²) in [7, 11) is 0. The second-order valence-corrected chi connectivity index (χ2v) is 9.02. The van der Waals surface area contributed by atoms with Crippen molar-refractivity contribution in [2.75, 3.05) is 0 Å². The molecule has 0 radical (unpaired) electrons. The number of phenols is 1. The number of nitrogen functional groups attached to an aromatic ring is 1. The van der Waals surface area contributed by atoms with Crippen LogP contribution >= 0.6 is 0 Å². The number of amidine groups is 1. The zero-order valence-corrected chi connectivity index (χ0v) is 20.8. The van der Waals surface area contributed by atoms with Gasteiger partial charge in [0.15, 0.2) is 0 Å². The molecule has 0 aliphatic rings. The largest absolute Gasteiger partial charge is 0.508 e. The van der Waals surface area contributed by atoms with Crippen molar-refractivity contribution in [3.05, 3.63) is 137 Å². The topological polar surface area (TPSA) is 128 Å². The van der Waals surface area contributed by atoms with Gasteiger partial charge in [-0.1, -0.05) is 91.0 Å². The van der Waals surface area contributed by atoms with Crippen LogP contribution in [0.3, 0.4) is 0 Å². The first kappa shape index (κ1) is 26.2. The predicted octanol–water partition coefficient (Wildman–Crippen LogP) is 3.85. The van der Waals surface area contributed by atoms with Crippen LogP contribution in [0.2, 0.25) is 0 Å². The number of nitrogens with one attached hydrogen (secondary N) is 3. The number of amides is 2. The highest BCUT2D eigenvalue weighted by molar-refractivity contribution is 5.95. The first-order chi connectivity index (χ1) is 18.4. The third kappa shape index (κ3) is 6.85. The summed E-state index contributed by atoms with van der Waals surface area (Å²) in [5.74, 6) is -1.18. The quantitative estimate of drug-likeness (QED) is 0.165. The number of phenolic OH excluding ortho intramolecular Hbond substituents is 1. The fraction of sp³-hybridized carbons (Fsp3) is 0.129. The second kappa shape index (κ2) is 12.4. The Morgan fingerprint density at radius 2 is 1.37 bits per heavy atom. The molecule has 1 atom stereocenters. The van der Waals surface area contributed by atoms with Crippen molar-refractivity contribution in [2.45, 2.75) is 24.9 Å². The molecular formula is C31H30N4O3. The molecule has 4 rings (SSSR count). The highest BCUT2D eigenvalue weighted by Gasteiger charge is 2.28. The van der Waals surface area contributed by atoms with Gasteiger partial charge in [0.05, 0.1) is 5.92 Å². The molecule has 0 saturated carbocycles. The number of nitrogens with two attached hydrogens (primary N) is 1. The van der Waals surface area contributed by atoms with Crippen LogP contribution in [0, 0.1) is 5.41 Å². The average Bonchev–Trinajstić information content (AvgIpc) is 2.93. The van der Waals surface area contributed by atoms with Crippen LogP contribution in [0.5, 0.6) is 5.75 Å². The molecule has 7 nitrogen and oxygen atoms in total. The Labute approximate surface area is 221 Å². The van der Waals surface area contributed by atoms with Gasteiger partial charge in [0.25, 0.3) is 0 Å². The first-order valence-electron chi connectivity index (χ1n) is 12.3. The van der Waals surface area contributed by atoms with Gasteiger partial charge in [0.2, 0.25) is 11.8 Å². The van der Waals surface area contributed by atoms with Gasteiger partial charge >= 0.3 is 0 Å². The summed E-state index contributed by atoms with van der Waals surface area (Å²) in [5.41, 5.74) is 9.42. The molecule has 192 valence electrons. The van der Waals surface area contributed by atoms with Crippen LogP contribution in [0.4, 0.5) is 0 Å². The van der Waals surface area contributed by atoms with E-state index in [4.69, 9.17) is 11.1 Å². The molecule has 0 bridgehead atoms. The van der Waals surface area contributed by atoms with Gasteiger partial charge in [-0.2, -0.15) is 0 Å². The summed E-state index contributed by atoms with van der Waals surface area (Å²) in [4.78, 5) is 27.2. The maximum Gasteiger partial charge on any atom is 0.243 e. The molecular weight excluding hydrogens is 476 g/mol. The first-order valence-corrected chi connectivity index (χ1v) is 12.3. The van der Waals surface area contributed by atoms with Crippen molar-refractivity contribution >= 4 is 17.6 Å². The summed E-state index contributed by atoms with van der Waals surface area (Å²) in [6, 6.07) is 31.7. The number of carbonyl (C=O) groups is 2. The predicted molar refractivity (Wildman–Crippen MR) is 148 cm³/mol. The lowest BCUT2D eigenvalue weighted by Gasteiger charge is -2.23.